The van der Waals surface area contributed by atoms with Crippen LogP contribution < -0.4 is 10.1 Å². The van der Waals surface area contributed by atoms with Crippen molar-refractivity contribution in [2.45, 2.75) is 18.9 Å². The Balaban J connectivity index is 1.51. The smallest absolute Gasteiger partial charge is 0.252 e. The van der Waals surface area contributed by atoms with Crippen molar-refractivity contribution < 1.29 is 19.0 Å². The molecule has 1 heterocycles. The Labute approximate surface area is 139 Å². The summed E-state index contributed by atoms with van der Waals surface area (Å²) in [5.41, 5.74) is 0.509. The second kappa shape index (κ2) is 7.40. The number of pyridine rings is 1. The molecule has 2 N–H and O–H groups in total. The molecular formula is C18H19FN2O3. The zero-order valence-electron chi connectivity index (χ0n) is 13.1. The van der Waals surface area contributed by atoms with Crippen LogP contribution in [0.1, 0.15) is 34.9 Å². The molecule has 1 saturated carbocycles. The van der Waals surface area contributed by atoms with Crippen LogP contribution in [0.2, 0.25) is 0 Å². The van der Waals surface area contributed by atoms with E-state index in [0.29, 0.717) is 24.0 Å². The molecule has 1 aliphatic rings. The van der Waals surface area contributed by atoms with Gasteiger partial charge in [0.25, 0.3) is 5.91 Å². The van der Waals surface area contributed by atoms with E-state index < -0.39 is 11.9 Å². The Hall–Kier alpha value is -2.47. The van der Waals surface area contributed by atoms with E-state index in [2.05, 4.69) is 10.3 Å². The molecule has 1 atom stereocenters. The van der Waals surface area contributed by atoms with Crippen LogP contribution in [-0.2, 0) is 0 Å². The lowest BCUT2D eigenvalue weighted by Crippen LogP contribution is -2.28. The summed E-state index contributed by atoms with van der Waals surface area (Å²) >= 11 is 0. The van der Waals surface area contributed by atoms with Crippen LogP contribution in [0, 0.1) is 11.7 Å². The summed E-state index contributed by atoms with van der Waals surface area (Å²) in [6.07, 6.45) is 2.71. The molecule has 0 spiro atoms. The summed E-state index contributed by atoms with van der Waals surface area (Å²) in [6, 6.07) is 9.19. The van der Waals surface area contributed by atoms with E-state index in [1.54, 1.807) is 24.3 Å². The fourth-order valence-corrected chi connectivity index (χ4v) is 2.23. The van der Waals surface area contributed by atoms with Gasteiger partial charge in [-0.2, -0.15) is 0 Å². The van der Waals surface area contributed by atoms with Crippen LogP contribution in [0.3, 0.4) is 0 Å². The lowest BCUT2D eigenvalue weighted by Gasteiger charge is -2.13. The molecule has 1 aromatic heterocycles. The van der Waals surface area contributed by atoms with Crippen molar-refractivity contribution >= 4 is 5.91 Å². The van der Waals surface area contributed by atoms with Crippen LogP contribution in [0.4, 0.5) is 4.39 Å². The maximum atomic E-state index is 13.6. The van der Waals surface area contributed by atoms with Gasteiger partial charge in [-0.15, -0.1) is 0 Å². The number of nitrogens with zero attached hydrogens (tertiary/aromatic N) is 1. The minimum absolute atomic E-state index is 0.0836. The molecule has 6 heteroatoms. The molecule has 0 radical (unpaired) electrons. The molecule has 1 unspecified atom stereocenters. The number of amides is 1. The van der Waals surface area contributed by atoms with Gasteiger partial charge in [0.1, 0.15) is 5.82 Å². The Morgan fingerprint density at radius 2 is 2.12 bits per heavy atom. The third-order valence-corrected chi connectivity index (χ3v) is 3.88. The molecule has 2 aromatic rings. The van der Waals surface area contributed by atoms with Gasteiger partial charge in [0, 0.05) is 24.4 Å². The highest BCUT2D eigenvalue weighted by Crippen LogP contribution is 2.29. The van der Waals surface area contributed by atoms with Gasteiger partial charge in [-0.1, -0.05) is 18.2 Å². The lowest BCUT2D eigenvalue weighted by molar-refractivity contribution is 0.0913. The minimum atomic E-state index is -1.11. The number of halogens is 1. The third kappa shape index (κ3) is 4.29. The van der Waals surface area contributed by atoms with Gasteiger partial charge in [-0.25, -0.2) is 9.37 Å². The van der Waals surface area contributed by atoms with Gasteiger partial charge in [-0.05, 0) is 30.9 Å². The number of aromatic nitrogens is 1. The molecule has 1 fully saturated rings. The number of ether oxygens (including phenoxy) is 1. The number of rotatable bonds is 7. The Morgan fingerprint density at radius 1 is 1.33 bits per heavy atom. The molecule has 5 nitrogen and oxygen atoms in total. The standard InChI is InChI=1S/C18H19FN2O3/c19-15-4-2-1-3-14(15)16(22)10-21-18(23)13-7-8-17(20-9-13)24-11-12-5-6-12/h1-4,7-9,12,16,22H,5-6,10-11H2,(H,21,23). The van der Waals surface area contributed by atoms with Gasteiger partial charge in [0.2, 0.25) is 5.88 Å². The number of benzene rings is 1. The van der Waals surface area contributed by atoms with Crippen LogP contribution in [0.25, 0.3) is 0 Å². The zero-order valence-corrected chi connectivity index (χ0v) is 13.1. The monoisotopic (exact) mass is 330 g/mol. The molecule has 24 heavy (non-hydrogen) atoms. The van der Waals surface area contributed by atoms with Crippen molar-refractivity contribution in [1.29, 1.82) is 0 Å². The highest BCUT2D eigenvalue weighted by atomic mass is 19.1. The van der Waals surface area contributed by atoms with Gasteiger partial charge < -0.3 is 15.2 Å². The molecule has 1 aromatic carbocycles. The first kappa shape index (κ1) is 16.4. The molecule has 0 saturated heterocycles. The highest BCUT2D eigenvalue weighted by molar-refractivity contribution is 5.93. The molecular weight excluding hydrogens is 311 g/mol. The van der Waals surface area contributed by atoms with E-state index in [1.807, 2.05) is 0 Å². The third-order valence-electron chi connectivity index (χ3n) is 3.88. The lowest BCUT2D eigenvalue weighted by atomic mass is 10.1. The summed E-state index contributed by atoms with van der Waals surface area (Å²) < 4.78 is 19.1. The van der Waals surface area contributed by atoms with E-state index in [0.717, 1.165) is 0 Å². The Bertz CT molecular complexity index is 702. The average Bonchev–Trinajstić information content (AvgIpc) is 3.43. The summed E-state index contributed by atoms with van der Waals surface area (Å²) in [5, 5.41) is 12.5. The van der Waals surface area contributed by atoms with E-state index >= 15 is 0 Å². The van der Waals surface area contributed by atoms with Crippen molar-refractivity contribution in [3.05, 3.63) is 59.5 Å². The number of carbonyl (C=O) groups excluding carboxylic acids is 1. The first-order valence-electron chi connectivity index (χ1n) is 7.93. The maximum absolute atomic E-state index is 13.6. The van der Waals surface area contributed by atoms with E-state index in [1.165, 1.54) is 31.2 Å². The van der Waals surface area contributed by atoms with E-state index in [9.17, 15) is 14.3 Å². The normalized spacial score (nSPS) is 14.9. The second-order valence-corrected chi connectivity index (χ2v) is 5.89. The highest BCUT2D eigenvalue weighted by Gasteiger charge is 2.22. The van der Waals surface area contributed by atoms with Crippen molar-refractivity contribution in [2.24, 2.45) is 5.92 Å². The predicted molar refractivity (Wildman–Crippen MR) is 86.1 cm³/mol. The predicted octanol–water partition coefficient (Wildman–Crippen LogP) is 2.47. The fraction of sp³-hybridized carbons (Fsp3) is 0.333. The SMILES string of the molecule is O=C(NCC(O)c1ccccc1F)c1ccc(OCC2CC2)nc1. The maximum Gasteiger partial charge on any atom is 0.252 e. The number of aliphatic hydroxyl groups excluding tert-OH is 1. The van der Waals surface area contributed by atoms with Crippen molar-refractivity contribution in [2.75, 3.05) is 13.2 Å². The molecule has 0 bridgehead atoms. The molecule has 1 aliphatic carbocycles. The van der Waals surface area contributed by atoms with Gasteiger partial charge in [0.15, 0.2) is 0 Å². The first-order chi connectivity index (χ1) is 11.6. The largest absolute Gasteiger partial charge is 0.477 e. The quantitative estimate of drug-likeness (QED) is 0.818. The van der Waals surface area contributed by atoms with Crippen LogP contribution in [0.5, 0.6) is 5.88 Å². The summed E-state index contributed by atoms with van der Waals surface area (Å²) in [6.45, 7) is 0.576. The number of nitrogens with one attached hydrogen (secondary N) is 1. The molecule has 1 amide bonds. The van der Waals surface area contributed by atoms with E-state index in [-0.39, 0.29) is 18.0 Å². The van der Waals surface area contributed by atoms with Crippen molar-refractivity contribution in [1.82, 2.24) is 10.3 Å². The first-order valence-corrected chi connectivity index (χ1v) is 7.93. The van der Waals surface area contributed by atoms with Crippen LogP contribution in [-0.4, -0.2) is 29.1 Å². The fourth-order valence-electron chi connectivity index (χ4n) is 2.23. The van der Waals surface area contributed by atoms with E-state index in [4.69, 9.17) is 4.74 Å². The topological polar surface area (TPSA) is 71.5 Å². The Kier molecular flexibility index (Phi) is 5.05. The van der Waals surface area contributed by atoms with Gasteiger partial charge >= 0.3 is 0 Å². The molecule has 0 aliphatic heterocycles. The van der Waals surface area contributed by atoms with Crippen LogP contribution in [0.15, 0.2) is 42.6 Å². The summed E-state index contributed by atoms with van der Waals surface area (Å²) in [5.74, 6) is 0.240. The Morgan fingerprint density at radius 3 is 2.79 bits per heavy atom. The number of aliphatic hydroxyl groups is 1. The van der Waals surface area contributed by atoms with Crippen molar-refractivity contribution in [3.8, 4) is 5.88 Å². The van der Waals surface area contributed by atoms with Crippen molar-refractivity contribution in [3.63, 3.8) is 0 Å². The number of hydrogen-bond donors (Lipinski definition) is 2. The molecule has 126 valence electrons. The zero-order chi connectivity index (χ0) is 16.9. The average molecular weight is 330 g/mol. The summed E-state index contributed by atoms with van der Waals surface area (Å²) in [4.78, 5) is 16.1. The molecule has 3 rings (SSSR count). The van der Waals surface area contributed by atoms with Crippen LogP contribution >= 0.6 is 0 Å². The minimum Gasteiger partial charge on any atom is -0.477 e. The van der Waals surface area contributed by atoms with Gasteiger partial charge in [0.05, 0.1) is 18.3 Å². The number of carbonyl (C=O) groups is 1. The summed E-state index contributed by atoms with van der Waals surface area (Å²) in [7, 11) is 0. The van der Waals surface area contributed by atoms with Gasteiger partial charge in [-0.3, -0.25) is 4.79 Å². The number of hydrogen-bond acceptors (Lipinski definition) is 4. The second-order valence-electron chi connectivity index (χ2n) is 5.89.